The van der Waals surface area contributed by atoms with Crippen molar-refractivity contribution in [3.8, 4) is 0 Å². The molecular formula is C16H23NO3S. The number of benzene rings is 1. The minimum Gasteiger partial charge on any atom is -0.354 e. The summed E-state index contributed by atoms with van der Waals surface area (Å²) >= 11 is 0. The maximum atomic E-state index is 12.1. The summed E-state index contributed by atoms with van der Waals surface area (Å²) < 4.78 is 23.8. The van der Waals surface area contributed by atoms with Crippen LogP contribution in [-0.2, 0) is 20.0 Å². The first kappa shape index (κ1) is 16.0. The van der Waals surface area contributed by atoms with E-state index in [1.54, 1.807) is 6.92 Å². The zero-order valence-electron chi connectivity index (χ0n) is 12.6. The molecule has 1 saturated carbocycles. The number of amides is 1. The summed E-state index contributed by atoms with van der Waals surface area (Å²) in [6.07, 6.45) is 2.61. The highest BCUT2D eigenvalue weighted by atomic mass is 32.2. The first-order valence-corrected chi connectivity index (χ1v) is 9.18. The Balaban J connectivity index is 1.96. The van der Waals surface area contributed by atoms with Gasteiger partial charge in [-0.3, -0.25) is 4.79 Å². The number of carbonyl (C=O) groups is 1. The molecule has 1 aliphatic rings. The van der Waals surface area contributed by atoms with Crippen molar-refractivity contribution < 1.29 is 13.2 Å². The molecule has 1 N–H and O–H groups in total. The predicted octanol–water partition coefficient (Wildman–Crippen LogP) is 2.05. The second-order valence-electron chi connectivity index (χ2n) is 5.87. The summed E-state index contributed by atoms with van der Waals surface area (Å²) in [5.41, 5.74) is 1.22. The monoisotopic (exact) mass is 309 g/mol. The number of sulfone groups is 1. The van der Waals surface area contributed by atoms with Crippen LogP contribution in [0.2, 0.25) is 0 Å². The third kappa shape index (κ3) is 3.64. The first-order chi connectivity index (χ1) is 9.91. The van der Waals surface area contributed by atoms with Crippen molar-refractivity contribution in [2.24, 2.45) is 0 Å². The second-order valence-corrected chi connectivity index (χ2v) is 8.31. The van der Waals surface area contributed by atoms with Gasteiger partial charge in [-0.05, 0) is 31.7 Å². The molecule has 1 fully saturated rings. The molecule has 1 aromatic carbocycles. The molecule has 2 rings (SSSR count). The van der Waals surface area contributed by atoms with Crippen LogP contribution in [0.4, 0.5) is 0 Å². The molecule has 0 saturated heterocycles. The molecule has 0 spiro atoms. The highest BCUT2D eigenvalue weighted by Gasteiger charge is 2.44. The van der Waals surface area contributed by atoms with Crippen LogP contribution in [0, 0.1) is 0 Å². The lowest BCUT2D eigenvalue weighted by Gasteiger charge is -2.18. The Morgan fingerprint density at radius 1 is 1.29 bits per heavy atom. The molecule has 116 valence electrons. The highest BCUT2D eigenvalue weighted by molar-refractivity contribution is 7.92. The SMILES string of the molecule is CCCS(=O)(=O)C(C)C(=O)NCC1(c2ccccc2)CC1. The minimum absolute atomic E-state index is 0.00512. The molecule has 1 unspecified atom stereocenters. The van der Waals surface area contributed by atoms with Crippen LogP contribution in [0.15, 0.2) is 30.3 Å². The lowest BCUT2D eigenvalue weighted by atomic mass is 9.96. The van der Waals surface area contributed by atoms with Crippen molar-refractivity contribution in [3.05, 3.63) is 35.9 Å². The molecular weight excluding hydrogens is 286 g/mol. The number of hydrogen-bond donors (Lipinski definition) is 1. The average molecular weight is 309 g/mol. The fourth-order valence-corrected chi connectivity index (χ4v) is 3.87. The standard InChI is InChI=1S/C16H23NO3S/c1-3-11-21(19,20)13(2)15(18)17-12-16(9-10-16)14-7-5-4-6-8-14/h4-8,13H,3,9-12H2,1-2H3,(H,17,18). The van der Waals surface area contributed by atoms with Crippen LogP contribution < -0.4 is 5.32 Å². The third-order valence-electron chi connectivity index (χ3n) is 4.24. The van der Waals surface area contributed by atoms with E-state index >= 15 is 0 Å². The minimum atomic E-state index is -3.33. The summed E-state index contributed by atoms with van der Waals surface area (Å²) in [6.45, 7) is 3.79. The molecule has 1 atom stereocenters. The van der Waals surface area contributed by atoms with E-state index in [2.05, 4.69) is 17.4 Å². The Morgan fingerprint density at radius 2 is 1.90 bits per heavy atom. The van der Waals surface area contributed by atoms with Gasteiger partial charge in [0.1, 0.15) is 5.25 Å². The lowest BCUT2D eigenvalue weighted by molar-refractivity contribution is -0.120. The Morgan fingerprint density at radius 3 is 2.43 bits per heavy atom. The predicted molar refractivity (Wildman–Crippen MR) is 83.9 cm³/mol. The van der Waals surface area contributed by atoms with Crippen LogP contribution in [0.3, 0.4) is 0 Å². The van der Waals surface area contributed by atoms with Gasteiger partial charge in [0, 0.05) is 12.0 Å². The molecule has 1 aliphatic carbocycles. The molecule has 0 heterocycles. The van der Waals surface area contributed by atoms with E-state index in [0.717, 1.165) is 12.8 Å². The van der Waals surface area contributed by atoms with E-state index in [1.807, 2.05) is 18.2 Å². The smallest absolute Gasteiger partial charge is 0.238 e. The molecule has 1 amide bonds. The van der Waals surface area contributed by atoms with Crippen molar-refractivity contribution in [2.75, 3.05) is 12.3 Å². The van der Waals surface area contributed by atoms with Crippen LogP contribution in [0.5, 0.6) is 0 Å². The zero-order chi connectivity index (χ0) is 15.5. The first-order valence-electron chi connectivity index (χ1n) is 7.46. The van der Waals surface area contributed by atoms with Gasteiger partial charge < -0.3 is 5.32 Å². The molecule has 21 heavy (non-hydrogen) atoms. The third-order valence-corrected chi connectivity index (χ3v) is 6.51. The molecule has 4 nitrogen and oxygen atoms in total. The lowest BCUT2D eigenvalue weighted by Crippen LogP contribution is -2.42. The van der Waals surface area contributed by atoms with Gasteiger partial charge in [-0.25, -0.2) is 8.42 Å². The summed E-state index contributed by atoms with van der Waals surface area (Å²) in [4.78, 5) is 12.1. The number of hydrogen-bond acceptors (Lipinski definition) is 3. The maximum Gasteiger partial charge on any atom is 0.238 e. The van der Waals surface area contributed by atoms with Crippen molar-refractivity contribution in [2.45, 2.75) is 43.8 Å². The number of carbonyl (C=O) groups excluding carboxylic acids is 1. The highest BCUT2D eigenvalue weighted by Crippen LogP contribution is 2.47. The van der Waals surface area contributed by atoms with Crippen molar-refractivity contribution in [1.82, 2.24) is 5.32 Å². The van der Waals surface area contributed by atoms with Crippen LogP contribution in [-0.4, -0.2) is 31.9 Å². The van der Waals surface area contributed by atoms with Gasteiger partial charge in [-0.15, -0.1) is 0 Å². The topological polar surface area (TPSA) is 63.2 Å². The summed E-state index contributed by atoms with van der Waals surface area (Å²) in [6, 6.07) is 10.1. The molecule has 0 aromatic heterocycles. The van der Waals surface area contributed by atoms with E-state index in [4.69, 9.17) is 0 Å². The van der Waals surface area contributed by atoms with Gasteiger partial charge in [-0.2, -0.15) is 0 Å². The van der Waals surface area contributed by atoms with E-state index in [1.165, 1.54) is 12.5 Å². The Hall–Kier alpha value is -1.36. The number of nitrogens with one attached hydrogen (secondary N) is 1. The van der Waals surface area contributed by atoms with E-state index in [-0.39, 0.29) is 17.1 Å². The quantitative estimate of drug-likeness (QED) is 0.838. The summed E-state index contributed by atoms with van der Waals surface area (Å²) in [5, 5.41) is 1.86. The maximum absolute atomic E-state index is 12.1. The normalized spacial score (nSPS) is 18.0. The summed E-state index contributed by atoms with van der Waals surface area (Å²) in [5.74, 6) is -0.323. The molecule has 0 bridgehead atoms. The number of rotatable bonds is 7. The van der Waals surface area contributed by atoms with Gasteiger partial charge in [0.25, 0.3) is 0 Å². The van der Waals surface area contributed by atoms with Gasteiger partial charge in [0.15, 0.2) is 9.84 Å². The zero-order valence-corrected chi connectivity index (χ0v) is 13.4. The fraction of sp³-hybridized carbons (Fsp3) is 0.562. The molecule has 0 radical (unpaired) electrons. The fourth-order valence-electron chi connectivity index (χ4n) is 2.53. The molecule has 5 heteroatoms. The second kappa shape index (κ2) is 6.18. The Bertz CT molecular complexity index is 591. The van der Waals surface area contributed by atoms with E-state index in [0.29, 0.717) is 13.0 Å². The van der Waals surface area contributed by atoms with Crippen molar-refractivity contribution in [1.29, 1.82) is 0 Å². The average Bonchev–Trinajstić information content (AvgIpc) is 3.26. The van der Waals surface area contributed by atoms with Crippen LogP contribution in [0.1, 0.15) is 38.7 Å². The Kier molecular flexibility index (Phi) is 4.71. The Labute approximate surface area is 126 Å². The van der Waals surface area contributed by atoms with Crippen LogP contribution >= 0.6 is 0 Å². The van der Waals surface area contributed by atoms with Gasteiger partial charge >= 0.3 is 0 Å². The van der Waals surface area contributed by atoms with Gasteiger partial charge in [0.2, 0.25) is 5.91 Å². The summed E-state index contributed by atoms with van der Waals surface area (Å²) in [7, 11) is -3.33. The molecule has 0 aliphatic heterocycles. The molecule has 1 aromatic rings. The largest absolute Gasteiger partial charge is 0.354 e. The van der Waals surface area contributed by atoms with E-state index < -0.39 is 15.1 Å². The van der Waals surface area contributed by atoms with E-state index in [9.17, 15) is 13.2 Å². The van der Waals surface area contributed by atoms with Crippen molar-refractivity contribution in [3.63, 3.8) is 0 Å². The van der Waals surface area contributed by atoms with Crippen molar-refractivity contribution >= 4 is 15.7 Å². The van der Waals surface area contributed by atoms with Crippen LogP contribution in [0.25, 0.3) is 0 Å². The van der Waals surface area contributed by atoms with Gasteiger partial charge in [0.05, 0.1) is 5.75 Å². The van der Waals surface area contributed by atoms with Gasteiger partial charge in [-0.1, -0.05) is 37.3 Å².